The predicted octanol–water partition coefficient (Wildman–Crippen LogP) is 3.89. The number of carbonyl (C=O) groups is 1. The summed E-state index contributed by atoms with van der Waals surface area (Å²) < 4.78 is 0. The van der Waals surface area contributed by atoms with Crippen LogP contribution in [0.1, 0.15) is 34.7 Å². The normalized spacial score (nSPS) is 15.8. The number of H-pyrrole nitrogens is 1. The second kappa shape index (κ2) is 6.04. The number of aromatic nitrogens is 1. The maximum Gasteiger partial charge on any atom is 0.257 e. The molecule has 2 N–H and O–H groups in total. The van der Waals surface area contributed by atoms with Crippen molar-refractivity contribution in [3.05, 3.63) is 65.9 Å². The molecule has 0 atom stereocenters. The number of fused-ring (bicyclic) bond motifs is 1. The number of benzene rings is 2. The number of nitrogens with zero attached hydrogens (tertiary/aromatic N) is 1. The SMILES string of the molecule is O=C(c1ccccc1O)N1CCC(c2c[nH]c3ccccc23)CC1. The number of nitrogens with one attached hydrogen (secondary N) is 1. The van der Waals surface area contributed by atoms with Gasteiger partial charge in [-0.15, -0.1) is 0 Å². The summed E-state index contributed by atoms with van der Waals surface area (Å²) in [6.07, 6.45) is 4.00. The number of rotatable bonds is 2. The molecule has 2 heterocycles. The highest BCUT2D eigenvalue weighted by Crippen LogP contribution is 2.33. The van der Waals surface area contributed by atoms with E-state index < -0.39 is 0 Å². The van der Waals surface area contributed by atoms with Crippen molar-refractivity contribution >= 4 is 16.8 Å². The third kappa shape index (κ3) is 2.54. The van der Waals surface area contributed by atoms with E-state index in [2.05, 4.69) is 29.4 Å². The fourth-order valence-corrected chi connectivity index (χ4v) is 3.65. The van der Waals surface area contributed by atoms with Gasteiger partial charge in [0.25, 0.3) is 5.91 Å². The molecule has 122 valence electrons. The predicted molar refractivity (Wildman–Crippen MR) is 94.3 cm³/mol. The third-order valence-corrected chi connectivity index (χ3v) is 4.98. The first-order chi connectivity index (χ1) is 11.7. The quantitative estimate of drug-likeness (QED) is 0.752. The summed E-state index contributed by atoms with van der Waals surface area (Å²) in [5.41, 5.74) is 2.91. The van der Waals surface area contributed by atoms with Crippen molar-refractivity contribution in [2.24, 2.45) is 0 Å². The molecular formula is C20H20N2O2. The van der Waals surface area contributed by atoms with Gasteiger partial charge in [0.2, 0.25) is 0 Å². The van der Waals surface area contributed by atoms with Gasteiger partial charge in [0, 0.05) is 30.2 Å². The van der Waals surface area contributed by atoms with E-state index in [-0.39, 0.29) is 11.7 Å². The second-order valence-electron chi connectivity index (χ2n) is 6.37. The molecule has 0 radical (unpaired) electrons. The van der Waals surface area contributed by atoms with Gasteiger partial charge in [-0.3, -0.25) is 4.79 Å². The number of likely N-dealkylation sites (tertiary alicyclic amines) is 1. The van der Waals surface area contributed by atoms with Crippen LogP contribution in [0, 0.1) is 0 Å². The molecule has 0 spiro atoms. The number of phenolic OH excluding ortho intramolecular Hbond substituents is 1. The molecule has 1 saturated heterocycles. The van der Waals surface area contributed by atoms with Gasteiger partial charge in [0.05, 0.1) is 5.56 Å². The van der Waals surface area contributed by atoms with Crippen molar-refractivity contribution in [3.8, 4) is 5.75 Å². The standard InChI is InChI=1S/C20H20N2O2/c23-19-8-4-2-6-16(19)20(24)22-11-9-14(10-12-22)17-13-21-18-7-3-1-5-15(17)18/h1-8,13-14,21,23H,9-12H2. The van der Waals surface area contributed by atoms with Gasteiger partial charge in [-0.1, -0.05) is 30.3 Å². The molecular weight excluding hydrogens is 300 g/mol. The van der Waals surface area contributed by atoms with E-state index in [1.807, 2.05) is 11.0 Å². The Labute approximate surface area is 140 Å². The summed E-state index contributed by atoms with van der Waals surface area (Å²) >= 11 is 0. The summed E-state index contributed by atoms with van der Waals surface area (Å²) in [5.74, 6) is 0.446. The Morgan fingerprint density at radius 2 is 1.75 bits per heavy atom. The van der Waals surface area contributed by atoms with Gasteiger partial charge in [-0.25, -0.2) is 0 Å². The number of para-hydroxylation sites is 2. The number of hydrogen-bond donors (Lipinski definition) is 2. The zero-order chi connectivity index (χ0) is 16.5. The highest BCUT2D eigenvalue weighted by molar-refractivity contribution is 5.96. The average Bonchev–Trinajstić information content (AvgIpc) is 3.06. The Hall–Kier alpha value is -2.75. The van der Waals surface area contributed by atoms with E-state index in [0.717, 1.165) is 25.9 Å². The summed E-state index contributed by atoms with van der Waals surface area (Å²) in [5, 5.41) is 11.2. The number of piperidine rings is 1. The minimum atomic E-state index is -0.0783. The summed E-state index contributed by atoms with van der Waals surface area (Å²) in [7, 11) is 0. The monoisotopic (exact) mass is 320 g/mol. The first-order valence-electron chi connectivity index (χ1n) is 8.37. The Balaban J connectivity index is 1.49. The number of hydrogen-bond acceptors (Lipinski definition) is 2. The minimum absolute atomic E-state index is 0.0567. The van der Waals surface area contributed by atoms with Crippen LogP contribution in [0.25, 0.3) is 10.9 Å². The van der Waals surface area contributed by atoms with Crippen LogP contribution in [0.3, 0.4) is 0 Å². The van der Waals surface area contributed by atoms with Crippen molar-refractivity contribution in [1.29, 1.82) is 0 Å². The number of carbonyl (C=O) groups excluding carboxylic acids is 1. The Morgan fingerprint density at radius 1 is 1.04 bits per heavy atom. The maximum atomic E-state index is 12.6. The Kier molecular flexibility index (Phi) is 3.73. The molecule has 1 fully saturated rings. The largest absolute Gasteiger partial charge is 0.507 e. The van der Waals surface area contributed by atoms with Gasteiger partial charge < -0.3 is 15.0 Å². The van der Waals surface area contributed by atoms with E-state index in [0.29, 0.717) is 11.5 Å². The van der Waals surface area contributed by atoms with Crippen molar-refractivity contribution in [2.75, 3.05) is 13.1 Å². The lowest BCUT2D eigenvalue weighted by atomic mass is 9.89. The molecule has 0 aliphatic carbocycles. The van der Waals surface area contributed by atoms with Crippen LogP contribution in [0.5, 0.6) is 5.75 Å². The fourth-order valence-electron chi connectivity index (χ4n) is 3.65. The zero-order valence-electron chi connectivity index (χ0n) is 13.4. The van der Waals surface area contributed by atoms with Crippen LogP contribution in [-0.4, -0.2) is 34.0 Å². The van der Waals surface area contributed by atoms with Crippen LogP contribution in [0.4, 0.5) is 0 Å². The minimum Gasteiger partial charge on any atom is -0.507 e. The van der Waals surface area contributed by atoms with Crippen LogP contribution in [0.15, 0.2) is 54.7 Å². The average molecular weight is 320 g/mol. The zero-order valence-corrected chi connectivity index (χ0v) is 13.4. The number of aromatic hydroxyl groups is 1. The van der Waals surface area contributed by atoms with Crippen LogP contribution < -0.4 is 0 Å². The van der Waals surface area contributed by atoms with Crippen LogP contribution >= 0.6 is 0 Å². The first-order valence-corrected chi connectivity index (χ1v) is 8.37. The lowest BCUT2D eigenvalue weighted by molar-refractivity contribution is 0.0710. The molecule has 2 aromatic carbocycles. The Morgan fingerprint density at radius 3 is 2.54 bits per heavy atom. The molecule has 3 aromatic rings. The molecule has 1 aliphatic rings. The van der Waals surface area contributed by atoms with Crippen molar-refractivity contribution < 1.29 is 9.90 Å². The molecule has 1 aromatic heterocycles. The summed E-state index contributed by atoms with van der Waals surface area (Å²) in [6, 6.07) is 15.1. The molecule has 0 unspecified atom stereocenters. The van der Waals surface area contributed by atoms with Crippen molar-refractivity contribution in [2.45, 2.75) is 18.8 Å². The lowest BCUT2D eigenvalue weighted by Gasteiger charge is -2.32. The fraction of sp³-hybridized carbons (Fsp3) is 0.250. The highest BCUT2D eigenvalue weighted by atomic mass is 16.3. The molecule has 24 heavy (non-hydrogen) atoms. The Bertz CT molecular complexity index is 876. The van der Waals surface area contributed by atoms with E-state index in [4.69, 9.17) is 0 Å². The van der Waals surface area contributed by atoms with Gasteiger partial charge in [-0.05, 0) is 42.5 Å². The van der Waals surface area contributed by atoms with E-state index in [1.54, 1.807) is 24.3 Å². The third-order valence-electron chi connectivity index (χ3n) is 4.98. The number of amides is 1. The van der Waals surface area contributed by atoms with Crippen molar-refractivity contribution in [1.82, 2.24) is 9.88 Å². The molecule has 0 saturated carbocycles. The number of phenols is 1. The smallest absolute Gasteiger partial charge is 0.257 e. The lowest BCUT2D eigenvalue weighted by Crippen LogP contribution is -2.37. The van der Waals surface area contributed by atoms with Gasteiger partial charge >= 0.3 is 0 Å². The van der Waals surface area contributed by atoms with Crippen LogP contribution in [0.2, 0.25) is 0 Å². The van der Waals surface area contributed by atoms with Crippen LogP contribution in [-0.2, 0) is 0 Å². The van der Waals surface area contributed by atoms with Gasteiger partial charge in [-0.2, -0.15) is 0 Å². The van der Waals surface area contributed by atoms with E-state index >= 15 is 0 Å². The highest BCUT2D eigenvalue weighted by Gasteiger charge is 2.26. The second-order valence-corrected chi connectivity index (χ2v) is 6.37. The molecule has 4 rings (SSSR count). The van der Waals surface area contributed by atoms with E-state index in [1.165, 1.54) is 16.5 Å². The molecule has 1 aliphatic heterocycles. The van der Waals surface area contributed by atoms with Gasteiger partial charge in [0.15, 0.2) is 0 Å². The molecule has 4 heteroatoms. The molecule has 0 bridgehead atoms. The summed E-state index contributed by atoms with van der Waals surface area (Å²) in [6.45, 7) is 1.44. The number of aromatic amines is 1. The molecule has 1 amide bonds. The van der Waals surface area contributed by atoms with Crippen molar-refractivity contribution in [3.63, 3.8) is 0 Å². The topological polar surface area (TPSA) is 56.3 Å². The summed E-state index contributed by atoms with van der Waals surface area (Å²) in [4.78, 5) is 17.8. The molecule has 4 nitrogen and oxygen atoms in total. The first kappa shape index (κ1) is 14.8. The maximum absolute atomic E-state index is 12.6. The van der Waals surface area contributed by atoms with E-state index in [9.17, 15) is 9.90 Å². The van der Waals surface area contributed by atoms with Gasteiger partial charge in [0.1, 0.15) is 5.75 Å².